The number of hydrogen-bond acceptors (Lipinski definition) is 7. The maximum atomic E-state index is 13.4. The zero-order valence-electron chi connectivity index (χ0n) is 25.2. The third-order valence-electron chi connectivity index (χ3n) is 8.18. The van der Waals surface area contributed by atoms with Gasteiger partial charge in [-0.1, -0.05) is 54.6 Å². The Balaban J connectivity index is 1.21. The highest BCUT2D eigenvalue weighted by Gasteiger charge is 2.21. The molecular formula is C35H36N6O3. The van der Waals surface area contributed by atoms with E-state index in [2.05, 4.69) is 37.7 Å². The molecule has 9 nitrogen and oxygen atoms in total. The molecule has 3 aromatic carbocycles. The predicted octanol–water partition coefficient (Wildman–Crippen LogP) is 5.84. The summed E-state index contributed by atoms with van der Waals surface area (Å²) in [6.45, 7) is 8.96. The largest absolute Gasteiger partial charge is 0.378 e. The number of hydrogen-bond donors (Lipinski definition) is 2. The van der Waals surface area contributed by atoms with Gasteiger partial charge in [0.25, 0.3) is 5.91 Å². The second-order valence-electron chi connectivity index (χ2n) is 11.2. The predicted molar refractivity (Wildman–Crippen MR) is 172 cm³/mol. The van der Waals surface area contributed by atoms with Gasteiger partial charge in [-0.25, -0.2) is 9.50 Å². The Kier molecular flexibility index (Phi) is 8.38. The van der Waals surface area contributed by atoms with Gasteiger partial charge in [0.1, 0.15) is 11.8 Å². The third kappa shape index (κ3) is 6.18. The summed E-state index contributed by atoms with van der Waals surface area (Å²) in [5, 5.41) is 10.9. The fourth-order valence-electron chi connectivity index (χ4n) is 5.61. The van der Waals surface area contributed by atoms with Gasteiger partial charge in [-0.3, -0.25) is 9.59 Å². The van der Waals surface area contributed by atoms with Gasteiger partial charge in [-0.05, 0) is 61.2 Å². The molecule has 0 unspecified atom stereocenters. The van der Waals surface area contributed by atoms with Gasteiger partial charge in [-0.15, -0.1) is 0 Å². The van der Waals surface area contributed by atoms with E-state index in [0.29, 0.717) is 42.1 Å². The number of nitrogens with zero attached hydrogens (tertiary/aromatic N) is 4. The number of ketones is 1. The maximum absolute atomic E-state index is 13.4. The summed E-state index contributed by atoms with van der Waals surface area (Å²) in [5.41, 5.74) is 7.44. The lowest BCUT2D eigenvalue weighted by Crippen LogP contribution is -2.36. The molecule has 1 aliphatic rings. The van der Waals surface area contributed by atoms with E-state index in [1.54, 1.807) is 10.7 Å². The van der Waals surface area contributed by atoms with Gasteiger partial charge in [-0.2, -0.15) is 5.10 Å². The smallest absolute Gasteiger partial charge is 0.253 e. The molecule has 0 radical (unpaired) electrons. The van der Waals surface area contributed by atoms with Gasteiger partial charge < -0.3 is 20.3 Å². The van der Waals surface area contributed by atoms with Gasteiger partial charge in [0.2, 0.25) is 0 Å². The van der Waals surface area contributed by atoms with Crippen LogP contribution in [0.2, 0.25) is 0 Å². The van der Waals surface area contributed by atoms with E-state index in [1.807, 2.05) is 81.4 Å². The first-order valence-electron chi connectivity index (χ1n) is 14.9. The number of aryl methyl sites for hydroxylation is 2. The minimum absolute atomic E-state index is 0.0328. The number of Topliss-reactive ketones (excluding diaryl/α,β-unsaturated/α-hetero) is 1. The van der Waals surface area contributed by atoms with Crippen molar-refractivity contribution in [1.82, 2.24) is 19.9 Å². The number of rotatable bonds is 9. The molecule has 1 atom stereocenters. The highest BCUT2D eigenvalue weighted by atomic mass is 16.5. The Hall–Kier alpha value is -5.02. The topological polar surface area (TPSA) is 101 Å². The number of carbonyl (C=O) groups is 2. The highest BCUT2D eigenvalue weighted by molar-refractivity contribution is 6.00. The number of aromatic nitrogens is 3. The Morgan fingerprint density at radius 3 is 2.57 bits per heavy atom. The van der Waals surface area contributed by atoms with Crippen LogP contribution in [-0.2, 0) is 11.2 Å². The van der Waals surface area contributed by atoms with Crippen molar-refractivity contribution >= 4 is 34.4 Å². The number of carbonyl (C=O) groups excluding carboxylic acids is 2. The summed E-state index contributed by atoms with van der Waals surface area (Å²) >= 11 is 0. The molecule has 1 saturated heterocycles. The Morgan fingerprint density at radius 2 is 1.77 bits per heavy atom. The fourth-order valence-corrected chi connectivity index (χ4v) is 5.61. The summed E-state index contributed by atoms with van der Waals surface area (Å²) in [7, 11) is 0. The summed E-state index contributed by atoms with van der Waals surface area (Å²) in [6.07, 6.45) is 3.48. The SMILES string of the molecule is Cc1ccc(C(=O)Cc2cccc(N3CCOCC3)c2)cc1Nc1ncnn2cc(C(=O)N[C@@H](C)c3ccccc3)c(C)c12. The second-order valence-corrected chi connectivity index (χ2v) is 11.2. The van der Waals surface area contributed by atoms with E-state index in [4.69, 9.17) is 4.74 Å². The van der Waals surface area contributed by atoms with E-state index in [1.165, 1.54) is 6.33 Å². The van der Waals surface area contributed by atoms with Crippen LogP contribution in [0.15, 0.2) is 85.3 Å². The molecule has 224 valence electrons. The first-order chi connectivity index (χ1) is 21.4. The molecule has 2 N–H and O–H groups in total. The highest BCUT2D eigenvalue weighted by Crippen LogP contribution is 2.28. The molecule has 1 amide bonds. The van der Waals surface area contributed by atoms with Crippen molar-refractivity contribution in [2.75, 3.05) is 36.5 Å². The molecule has 3 heterocycles. The van der Waals surface area contributed by atoms with Crippen molar-refractivity contribution in [1.29, 1.82) is 0 Å². The lowest BCUT2D eigenvalue weighted by atomic mass is 10.0. The van der Waals surface area contributed by atoms with E-state index in [-0.39, 0.29) is 17.7 Å². The molecule has 1 aliphatic heterocycles. The first kappa shape index (κ1) is 29.1. The van der Waals surface area contributed by atoms with Crippen LogP contribution in [0.4, 0.5) is 17.2 Å². The summed E-state index contributed by atoms with van der Waals surface area (Å²) in [4.78, 5) is 33.5. The molecule has 0 saturated carbocycles. The molecule has 44 heavy (non-hydrogen) atoms. The second kappa shape index (κ2) is 12.7. The zero-order valence-corrected chi connectivity index (χ0v) is 25.2. The quantitative estimate of drug-likeness (QED) is 0.209. The Bertz CT molecular complexity index is 1810. The van der Waals surface area contributed by atoms with E-state index < -0.39 is 0 Å². The van der Waals surface area contributed by atoms with Gasteiger partial charge in [0.05, 0.1) is 24.8 Å². The summed E-state index contributed by atoms with van der Waals surface area (Å²) in [6, 6.07) is 23.5. The van der Waals surface area contributed by atoms with E-state index in [0.717, 1.165) is 46.7 Å². The standard InChI is InChI=1S/C35H36N6O3/c1-23-12-13-28(32(42)19-26-8-7-11-29(18-26)40-14-16-44-17-15-40)20-31(23)39-34-33-24(2)30(21-41(33)37-22-36-34)35(43)38-25(3)27-9-5-4-6-10-27/h4-13,18,20-22,25H,14-17,19H2,1-3H3,(H,38,43)(H,36,37,39)/t25-/m0/s1. The molecule has 0 bridgehead atoms. The number of fused-ring (bicyclic) bond motifs is 1. The number of benzene rings is 3. The van der Waals surface area contributed by atoms with Crippen LogP contribution in [0.3, 0.4) is 0 Å². The minimum atomic E-state index is -0.184. The lowest BCUT2D eigenvalue weighted by Gasteiger charge is -2.29. The number of anilines is 3. The minimum Gasteiger partial charge on any atom is -0.378 e. The van der Waals surface area contributed by atoms with Crippen molar-refractivity contribution in [3.05, 3.63) is 119 Å². The van der Waals surface area contributed by atoms with Crippen LogP contribution in [-0.4, -0.2) is 52.6 Å². The normalized spacial score (nSPS) is 13.9. The maximum Gasteiger partial charge on any atom is 0.253 e. The molecule has 0 aliphatic carbocycles. The van der Waals surface area contributed by atoms with Crippen LogP contribution in [0.1, 0.15) is 55.9 Å². The van der Waals surface area contributed by atoms with Crippen molar-refractivity contribution in [3.8, 4) is 0 Å². The van der Waals surface area contributed by atoms with Gasteiger partial charge in [0.15, 0.2) is 11.6 Å². The summed E-state index contributed by atoms with van der Waals surface area (Å²) in [5.74, 6) is 0.403. The third-order valence-corrected chi connectivity index (χ3v) is 8.18. The van der Waals surface area contributed by atoms with Crippen molar-refractivity contribution < 1.29 is 14.3 Å². The van der Waals surface area contributed by atoms with Crippen molar-refractivity contribution in [2.45, 2.75) is 33.2 Å². The lowest BCUT2D eigenvalue weighted by molar-refractivity contribution is 0.0938. The number of amides is 1. The summed E-state index contributed by atoms with van der Waals surface area (Å²) < 4.78 is 7.14. The molecule has 2 aromatic heterocycles. The molecule has 6 rings (SSSR count). The number of nitrogens with one attached hydrogen (secondary N) is 2. The van der Waals surface area contributed by atoms with Gasteiger partial charge >= 0.3 is 0 Å². The number of ether oxygens (including phenoxy) is 1. The zero-order chi connectivity index (χ0) is 30.6. The van der Waals surface area contributed by atoms with Crippen molar-refractivity contribution in [3.63, 3.8) is 0 Å². The van der Waals surface area contributed by atoms with Crippen LogP contribution >= 0.6 is 0 Å². The molecule has 5 aromatic rings. The van der Waals surface area contributed by atoms with Crippen molar-refractivity contribution in [2.24, 2.45) is 0 Å². The average molecular weight is 589 g/mol. The molecular weight excluding hydrogens is 552 g/mol. The molecule has 1 fully saturated rings. The van der Waals surface area contributed by atoms with Crippen LogP contribution in [0.5, 0.6) is 0 Å². The van der Waals surface area contributed by atoms with Crippen LogP contribution in [0, 0.1) is 13.8 Å². The monoisotopic (exact) mass is 588 g/mol. The molecule has 9 heteroatoms. The fraction of sp³-hybridized carbons (Fsp3) is 0.257. The first-order valence-corrected chi connectivity index (χ1v) is 14.9. The average Bonchev–Trinajstić information content (AvgIpc) is 3.40. The van der Waals surface area contributed by atoms with E-state index >= 15 is 0 Å². The van der Waals surface area contributed by atoms with Crippen LogP contribution < -0.4 is 15.5 Å². The Labute approximate surface area is 256 Å². The van der Waals surface area contributed by atoms with Gasteiger partial charge in [0, 0.05) is 42.6 Å². The number of morpholine rings is 1. The Morgan fingerprint density at radius 1 is 0.977 bits per heavy atom. The molecule has 0 spiro atoms. The van der Waals surface area contributed by atoms with E-state index in [9.17, 15) is 9.59 Å². The van der Waals surface area contributed by atoms with Crippen LogP contribution in [0.25, 0.3) is 5.52 Å².